The third kappa shape index (κ3) is 3.77. The van der Waals surface area contributed by atoms with E-state index in [0.717, 1.165) is 31.7 Å². The molecule has 1 N–H and O–H groups in total. The molecule has 0 saturated heterocycles. The predicted octanol–water partition coefficient (Wildman–Crippen LogP) is 6.21. The second kappa shape index (κ2) is 7.28. The van der Waals surface area contributed by atoms with E-state index < -0.39 is 0 Å². The SMILES string of the molecule is CCCNC(c1ccc(Br)cc1C)c1cc(Cl)sc1Cl. The van der Waals surface area contributed by atoms with Crippen LogP contribution in [0.4, 0.5) is 0 Å². The first-order valence-corrected chi connectivity index (χ1v) is 8.83. The lowest BCUT2D eigenvalue weighted by Gasteiger charge is -2.21. The van der Waals surface area contributed by atoms with Gasteiger partial charge in [0.2, 0.25) is 0 Å². The van der Waals surface area contributed by atoms with Crippen LogP contribution in [0, 0.1) is 6.92 Å². The summed E-state index contributed by atoms with van der Waals surface area (Å²) in [6.45, 7) is 5.20. The van der Waals surface area contributed by atoms with E-state index in [1.807, 2.05) is 6.07 Å². The fourth-order valence-corrected chi connectivity index (χ4v) is 4.20. The summed E-state index contributed by atoms with van der Waals surface area (Å²) in [6.07, 6.45) is 1.07. The Labute approximate surface area is 142 Å². The third-order valence-electron chi connectivity index (χ3n) is 3.14. The van der Waals surface area contributed by atoms with Crippen LogP contribution in [-0.4, -0.2) is 6.54 Å². The minimum absolute atomic E-state index is 0.0827. The molecule has 108 valence electrons. The number of halogens is 3. The van der Waals surface area contributed by atoms with Crippen LogP contribution in [0.15, 0.2) is 28.7 Å². The van der Waals surface area contributed by atoms with Gasteiger partial charge in [-0.15, -0.1) is 11.3 Å². The number of benzene rings is 1. The van der Waals surface area contributed by atoms with Gasteiger partial charge in [-0.1, -0.05) is 52.1 Å². The Morgan fingerprint density at radius 1 is 1.25 bits per heavy atom. The van der Waals surface area contributed by atoms with Crippen LogP contribution < -0.4 is 5.32 Å². The molecule has 1 heterocycles. The first-order valence-electron chi connectivity index (χ1n) is 6.47. The standard InChI is InChI=1S/C15H16BrCl2NS/c1-3-6-19-14(12-8-13(17)20-15(12)18)11-5-4-10(16)7-9(11)2/h4-5,7-8,14,19H,3,6H2,1-2H3. The summed E-state index contributed by atoms with van der Waals surface area (Å²) in [5.41, 5.74) is 3.52. The van der Waals surface area contributed by atoms with Crippen molar-refractivity contribution in [3.63, 3.8) is 0 Å². The Hall–Kier alpha value is -0.0600. The molecular weight excluding hydrogens is 377 g/mol. The molecule has 1 unspecified atom stereocenters. The maximum Gasteiger partial charge on any atom is 0.0995 e. The van der Waals surface area contributed by atoms with Crippen molar-refractivity contribution in [1.82, 2.24) is 5.32 Å². The topological polar surface area (TPSA) is 12.0 Å². The second-order valence-electron chi connectivity index (χ2n) is 4.67. The molecular formula is C15H16BrCl2NS. The number of rotatable bonds is 5. The first-order chi connectivity index (χ1) is 9.52. The molecule has 20 heavy (non-hydrogen) atoms. The monoisotopic (exact) mass is 391 g/mol. The number of thiophene rings is 1. The molecule has 0 radical (unpaired) electrons. The van der Waals surface area contributed by atoms with Gasteiger partial charge in [0.1, 0.15) is 0 Å². The first kappa shape index (κ1) is 16.3. The van der Waals surface area contributed by atoms with E-state index in [9.17, 15) is 0 Å². The number of aryl methyl sites for hydroxylation is 1. The number of hydrogen-bond donors (Lipinski definition) is 1. The highest BCUT2D eigenvalue weighted by atomic mass is 79.9. The van der Waals surface area contributed by atoms with Crippen LogP contribution in [0.5, 0.6) is 0 Å². The Balaban J connectivity index is 2.44. The molecule has 0 aliphatic carbocycles. The number of hydrogen-bond acceptors (Lipinski definition) is 2. The Kier molecular flexibility index (Phi) is 5.94. The lowest BCUT2D eigenvalue weighted by molar-refractivity contribution is 0.598. The summed E-state index contributed by atoms with van der Waals surface area (Å²) in [5.74, 6) is 0. The van der Waals surface area contributed by atoms with Crippen molar-refractivity contribution in [3.05, 3.63) is 54.1 Å². The molecule has 2 rings (SSSR count). The molecule has 0 saturated carbocycles. The van der Waals surface area contributed by atoms with Crippen molar-refractivity contribution in [3.8, 4) is 0 Å². The van der Waals surface area contributed by atoms with Crippen molar-refractivity contribution < 1.29 is 0 Å². The lowest BCUT2D eigenvalue weighted by Crippen LogP contribution is -2.23. The maximum absolute atomic E-state index is 6.34. The third-order valence-corrected chi connectivity index (χ3v) is 5.15. The summed E-state index contributed by atoms with van der Waals surface area (Å²) >= 11 is 17.4. The molecule has 0 aliphatic rings. The summed E-state index contributed by atoms with van der Waals surface area (Å²) in [7, 11) is 0. The van der Waals surface area contributed by atoms with Crippen molar-refractivity contribution >= 4 is 50.5 Å². The van der Waals surface area contributed by atoms with Gasteiger partial charge in [-0.25, -0.2) is 0 Å². The zero-order valence-electron chi connectivity index (χ0n) is 11.3. The van der Waals surface area contributed by atoms with E-state index in [0.29, 0.717) is 0 Å². The highest BCUT2D eigenvalue weighted by Crippen LogP contribution is 2.38. The van der Waals surface area contributed by atoms with E-state index in [4.69, 9.17) is 23.2 Å². The summed E-state index contributed by atoms with van der Waals surface area (Å²) in [4.78, 5) is 0. The Morgan fingerprint density at radius 3 is 2.55 bits per heavy atom. The van der Waals surface area contributed by atoms with Gasteiger partial charge in [0.05, 0.1) is 14.7 Å². The van der Waals surface area contributed by atoms with Crippen LogP contribution in [-0.2, 0) is 0 Å². The van der Waals surface area contributed by atoms with Gasteiger partial charge >= 0.3 is 0 Å². The minimum atomic E-state index is 0.0827. The fourth-order valence-electron chi connectivity index (χ4n) is 2.19. The smallest absolute Gasteiger partial charge is 0.0995 e. The van der Waals surface area contributed by atoms with Crippen LogP contribution in [0.25, 0.3) is 0 Å². The van der Waals surface area contributed by atoms with Gasteiger partial charge in [0, 0.05) is 10.0 Å². The summed E-state index contributed by atoms with van der Waals surface area (Å²) in [6, 6.07) is 8.36. The fraction of sp³-hybridized carbons (Fsp3) is 0.333. The average Bonchev–Trinajstić information content (AvgIpc) is 2.71. The van der Waals surface area contributed by atoms with E-state index in [2.05, 4.69) is 53.3 Å². The van der Waals surface area contributed by atoms with E-state index in [-0.39, 0.29) is 6.04 Å². The Bertz CT molecular complexity index is 598. The van der Waals surface area contributed by atoms with Crippen LogP contribution in [0.1, 0.15) is 36.1 Å². The molecule has 1 nitrogen and oxygen atoms in total. The predicted molar refractivity (Wildman–Crippen MR) is 93.4 cm³/mol. The van der Waals surface area contributed by atoms with Gasteiger partial charge in [0.25, 0.3) is 0 Å². The highest BCUT2D eigenvalue weighted by Gasteiger charge is 2.20. The van der Waals surface area contributed by atoms with Gasteiger partial charge in [0.15, 0.2) is 0 Å². The number of nitrogens with one attached hydrogen (secondary N) is 1. The zero-order valence-corrected chi connectivity index (χ0v) is 15.3. The van der Waals surface area contributed by atoms with Crippen molar-refractivity contribution in [2.75, 3.05) is 6.54 Å². The van der Waals surface area contributed by atoms with Crippen LogP contribution in [0.2, 0.25) is 8.67 Å². The average molecular weight is 393 g/mol. The minimum Gasteiger partial charge on any atom is -0.306 e. The molecule has 0 amide bonds. The van der Waals surface area contributed by atoms with Gasteiger partial charge in [-0.2, -0.15) is 0 Å². The molecule has 1 aromatic carbocycles. The van der Waals surface area contributed by atoms with E-state index >= 15 is 0 Å². The van der Waals surface area contributed by atoms with Crippen LogP contribution >= 0.6 is 50.5 Å². The van der Waals surface area contributed by atoms with E-state index in [1.165, 1.54) is 22.5 Å². The van der Waals surface area contributed by atoms with Gasteiger partial charge in [-0.05, 0) is 49.2 Å². The largest absolute Gasteiger partial charge is 0.306 e. The molecule has 0 spiro atoms. The molecule has 5 heteroatoms. The van der Waals surface area contributed by atoms with Crippen LogP contribution in [0.3, 0.4) is 0 Å². The lowest BCUT2D eigenvalue weighted by atomic mass is 9.97. The molecule has 0 aliphatic heterocycles. The quantitative estimate of drug-likeness (QED) is 0.637. The van der Waals surface area contributed by atoms with E-state index in [1.54, 1.807) is 0 Å². The normalized spacial score (nSPS) is 12.7. The molecule has 0 bridgehead atoms. The maximum atomic E-state index is 6.34. The summed E-state index contributed by atoms with van der Waals surface area (Å²) in [5, 5.41) is 3.56. The molecule has 2 aromatic rings. The molecule has 0 fully saturated rings. The van der Waals surface area contributed by atoms with Crippen molar-refractivity contribution in [2.45, 2.75) is 26.3 Å². The summed E-state index contributed by atoms with van der Waals surface area (Å²) < 4.78 is 2.57. The second-order valence-corrected chi connectivity index (χ2v) is 7.87. The van der Waals surface area contributed by atoms with Crippen molar-refractivity contribution in [2.24, 2.45) is 0 Å². The Morgan fingerprint density at radius 2 is 2.00 bits per heavy atom. The van der Waals surface area contributed by atoms with Gasteiger partial charge in [-0.3, -0.25) is 0 Å². The molecule has 1 atom stereocenters. The highest BCUT2D eigenvalue weighted by molar-refractivity contribution is 9.10. The van der Waals surface area contributed by atoms with Gasteiger partial charge < -0.3 is 5.32 Å². The van der Waals surface area contributed by atoms with Crippen molar-refractivity contribution in [1.29, 1.82) is 0 Å². The zero-order chi connectivity index (χ0) is 14.7. The molecule has 1 aromatic heterocycles.